The molecule has 0 amide bonds. The van der Waals surface area contributed by atoms with Gasteiger partial charge in [-0.25, -0.2) is 0 Å². The standard InChI is InChI=1S/C15H10N2O/c18-15(11-5-7-16-8-6-11)13-9-12-3-1-2-4-14(12)17-10-13/h1-10H. The van der Waals surface area contributed by atoms with Crippen LogP contribution in [0.1, 0.15) is 15.9 Å². The molecule has 0 radical (unpaired) electrons. The zero-order valence-corrected chi connectivity index (χ0v) is 9.58. The Hall–Kier alpha value is -2.55. The van der Waals surface area contributed by atoms with E-state index in [1.165, 1.54) is 0 Å². The Morgan fingerprint density at radius 2 is 1.72 bits per heavy atom. The molecule has 0 bridgehead atoms. The number of para-hydroxylation sites is 1. The molecular formula is C15H10N2O. The summed E-state index contributed by atoms with van der Waals surface area (Å²) in [7, 11) is 0. The van der Waals surface area contributed by atoms with E-state index < -0.39 is 0 Å². The van der Waals surface area contributed by atoms with Crippen molar-refractivity contribution in [3.05, 3.63) is 72.2 Å². The van der Waals surface area contributed by atoms with Crippen LogP contribution in [-0.2, 0) is 0 Å². The molecule has 0 saturated carbocycles. The van der Waals surface area contributed by atoms with Crippen LogP contribution in [0.4, 0.5) is 0 Å². The molecule has 3 heteroatoms. The number of rotatable bonds is 2. The molecule has 0 saturated heterocycles. The first-order valence-corrected chi connectivity index (χ1v) is 5.64. The number of hydrogen-bond acceptors (Lipinski definition) is 3. The van der Waals surface area contributed by atoms with Gasteiger partial charge in [0.05, 0.1) is 5.52 Å². The topological polar surface area (TPSA) is 42.9 Å². The van der Waals surface area contributed by atoms with Crippen LogP contribution in [0.5, 0.6) is 0 Å². The van der Waals surface area contributed by atoms with Crippen LogP contribution < -0.4 is 0 Å². The molecule has 0 N–H and O–H groups in total. The van der Waals surface area contributed by atoms with Crippen LogP contribution in [0.25, 0.3) is 10.9 Å². The van der Waals surface area contributed by atoms with E-state index in [2.05, 4.69) is 9.97 Å². The average Bonchev–Trinajstić information content (AvgIpc) is 2.47. The van der Waals surface area contributed by atoms with E-state index >= 15 is 0 Å². The van der Waals surface area contributed by atoms with Crippen molar-refractivity contribution in [2.45, 2.75) is 0 Å². The molecule has 86 valence electrons. The molecule has 0 aliphatic rings. The molecule has 0 unspecified atom stereocenters. The first kappa shape index (κ1) is 10.6. The molecule has 0 aliphatic carbocycles. The number of hydrogen-bond donors (Lipinski definition) is 0. The van der Waals surface area contributed by atoms with E-state index in [0.29, 0.717) is 11.1 Å². The Labute approximate surface area is 104 Å². The van der Waals surface area contributed by atoms with E-state index in [1.54, 1.807) is 30.7 Å². The van der Waals surface area contributed by atoms with Crippen LogP contribution in [-0.4, -0.2) is 15.8 Å². The van der Waals surface area contributed by atoms with Gasteiger partial charge in [-0.05, 0) is 24.3 Å². The fraction of sp³-hybridized carbons (Fsp3) is 0. The second-order valence-corrected chi connectivity index (χ2v) is 3.98. The quantitative estimate of drug-likeness (QED) is 0.640. The lowest BCUT2D eigenvalue weighted by molar-refractivity contribution is 0.103. The van der Waals surface area contributed by atoms with Gasteiger partial charge in [0.15, 0.2) is 5.78 Å². The summed E-state index contributed by atoms with van der Waals surface area (Å²) in [6.45, 7) is 0. The number of carbonyl (C=O) groups excluding carboxylic acids is 1. The summed E-state index contributed by atoms with van der Waals surface area (Å²) in [6.07, 6.45) is 4.84. The van der Waals surface area contributed by atoms with Crippen molar-refractivity contribution in [2.24, 2.45) is 0 Å². The van der Waals surface area contributed by atoms with Crippen molar-refractivity contribution >= 4 is 16.7 Å². The van der Waals surface area contributed by atoms with Crippen LogP contribution in [0, 0.1) is 0 Å². The summed E-state index contributed by atoms with van der Waals surface area (Å²) in [5.74, 6) is -0.0318. The van der Waals surface area contributed by atoms with Gasteiger partial charge in [-0.3, -0.25) is 14.8 Å². The highest BCUT2D eigenvalue weighted by Gasteiger charge is 2.09. The van der Waals surface area contributed by atoms with Crippen molar-refractivity contribution in [3.63, 3.8) is 0 Å². The van der Waals surface area contributed by atoms with Crippen LogP contribution in [0.15, 0.2) is 61.1 Å². The fourth-order valence-electron chi connectivity index (χ4n) is 1.87. The molecule has 3 nitrogen and oxygen atoms in total. The van der Waals surface area contributed by atoms with E-state index in [0.717, 1.165) is 10.9 Å². The predicted octanol–water partition coefficient (Wildman–Crippen LogP) is 2.86. The third-order valence-corrected chi connectivity index (χ3v) is 2.80. The molecule has 2 aromatic heterocycles. The van der Waals surface area contributed by atoms with Gasteiger partial charge in [0.1, 0.15) is 0 Å². The van der Waals surface area contributed by atoms with Gasteiger partial charge in [-0.1, -0.05) is 18.2 Å². The number of nitrogens with zero attached hydrogens (tertiary/aromatic N) is 2. The molecule has 0 aliphatic heterocycles. The lowest BCUT2D eigenvalue weighted by Crippen LogP contribution is -2.01. The molecule has 18 heavy (non-hydrogen) atoms. The predicted molar refractivity (Wildman–Crippen MR) is 69.4 cm³/mol. The van der Waals surface area contributed by atoms with Crippen molar-refractivity contribution < 1.29 is 4.79 Å². The van der Waals surface area contributed by atoms with E-state index in [4.69, 9.17) is 0 Å². The Bertz CT molecular complexity index is 708. The third kappa shape index (κ3) is 1.86. The molecule has 0 spiro atoms. The lowest BCUT2D eigenvalue weighted by atomic mass is 10.0. The smallest absolute Gasteiger partial charge is 0.194 e. The maximum absolute atomic E-state index is 12.2. The Morgan fingerprint density at radius 3 is 2.56 bits per heavy atom. The normalized spacial score (nSPS) is 10.4. The number of benzene rings is 1. The third-order valence-electron chi connectivity index (χ3n) is 2.80. The number of pyridine rings is 2. The van der Waals surface area contributed by atoms with E-state index in [1.807, 2.05) is 30.3 Å². The number of ketones is 1. The average molecular weight is 234 g/mol. The molecule has 0 atom stereocenters. The van der Waals surface area contributed by atoms with Crippen molar-refractivity contribution in [2.75, 3.05) is 0 Å². The van der Waals surface area contributed by atoms with Gasteiger partial charge in [-0.15, -0.1) is 0 Å². The van der Waals surface area contributed by atoms with Gasteiger partial charge in [-0.2, -0.15) is 0 Å². The van der Waals surface area contributed by atoms with Crippen LogP contribution in [0.2, 0.25) is 0 Å². The molecule has 2 heterocycles. The van der Waals surface area contributed by atoms with Crippen molar-refractivity contribution in [1.29, 1.82) is 0 Å². The Kier molecular flexibility index (Phi) is 2.57. The summed E-state index contributed by atoms with van der Waals surface area (Å²) in [4.78, 5) is 20.4. The van der Waals surface area contributed by atoms with Crippen LogP contribution >= 0.6 is 0 Å². The summed E-state index contributed by atoms with van der Waals surface area (Å²) in [5, 5.41) is 0.970. The summed E-state index contributed by atoms with van der Waals surface area (Å²) >= 11 is 0. The van der Waals surface area contributed by atoms with Crippen LogP contribution in [0.3, 0.4) is 0 Å². The Morgan fingerprint density at radius 1 is 0.944 bits per heavy atom. The summed E-state index contributed by atoms with van der Waals surface area (Å²) in [6, 6.07) is 13.0. The van der Waals surface area contributed by atoms with Crippen molar-refractivity contribution in [1.82, 2.24) is 9.97 Å². The molecular weight excluding hydrogens is 224 g/mol. The highest BCUT2D eigenvalue weighted by molar-refractivity contribution is 6.10. The largest absolute Gasteiger partial charge is 0.289 e. The minimum absolute atomic E-state index is 0.0318. The molecule has 1 aromatic carbocycles. The minimum Gasteiger partial charge on any atom is -0.289 e. The fourth-order valence-corrected chi connectivity index (χ4v) is 1.87. The highest BCUT2D eigenvalue weighted by Crippen LogP contribution is 2.15. The molecule has 3 aromatic rings. The monoisotopic (exact) mass is 234 g/mol. The number of fused-ring (bicyclic) bond motifs is 1. The number of carbonyl (C=O) groups is 1. The second kappa shape index (κ2) is 4.37. The minimum atomic E-state index is -0.0318. The van der Waals surface area contributed by atoms with Gasteiger partial charge in [0.25, 0.3) is 0 Å². The summed E-state index contributed by atoms with van der Waals surface area (Å²) < 4.78 is 0. The highest BCUT2D eigenvalue weighted by atomic mass is 16.1. The zero-order chi connectivity index (χ0) is 12.4. The molecule has 0 fully saturated rings. The summed E-state index contributed by atoms with van der Waals surface area (Å²) in [5.41, 5.74) is 2.12. The zero-order valence-electron chi connectivity index (χ0n) is 9.58. The first-order valence-electron chi connectivity index (χ1n) is 5.64. The molecule has 3 rings (SSSR count). The second-order valence-electron chi connectivity index (χ2n) is 3.98. The van der Waals surface area contributed by atoms with E-state index in [9.17, 15) is 4.79 Å². The first-order chi connectivity index (χ1) is 8.84. The SMILES string of the molecule is O=C(c1ccncc1)c1cnc2ccccc2c1. The van der Waals surface area contributed by atoms with Gasteiger partial charge in [0, 0.05) is 35.1 Å². The maximum Gasteiger partial charge on any atom is 0.194 e. The Balaban J connectivity index is 2.07. The van der Waals surface area contributed by atoms with E-state index in [-0.39, 0.29) is 5.78 Å². The van der Waals surface area contributed by atoms with Gasteiger partial charge in [0.2, 0.25) is 0 Å². The maximum atomic E-state index is 12.2. The van der Waals surface area contributed by atoms with Gasteiger partial charge >= 0.3 is 0 Å². The lowest BCUT2D eigenvalue weighted by Gasteiger charge is -2.02. The number of aromatic nitrogens is 2. The van der Waals surface area contributed by atoms with Gasteiger partial charge < -0.3 is 0 Å². The van der Waals surface area contributed by atoms with Crippen molar-refractivity contribution in [3.8, 4) is 0 Å².